The van der Waals surface area contributed by atoms with Gasteiger partial charge in [0.1, 0.15) is 0 Å². The maximum absolute atomic E-state index is 12.7. The SMILES string of the molecule is N#Cc1cc(SC2CCCCC2)ccc1C(F)(F)F. The summed E-state index contributed by atoms with van der Waals surface area (Å²) < 4.78 is 38.0. The molecule has 19 heavy (non-hydrogen) atoms. The first-order valence-corrected chi connectivity index (χ1v) is 7.16. The van der Waals surface area contributed by atoms with Crippen LogP contribution in [-0.2, 0) is 6.18 Å². The Hall–Kier alpha value is -1.15. The number of hydrogen-bond acceptors (Lipinski definition) is 2. The minimum Gasteiger partial charge on any atom is -0.192 e. The standard InChI is InChI=1S/C14H14F3NS/c15-14(16,17)13-7-6-12(8-10(13)9-18)19-11-4-2-1-3-5-11/h6-8,11H,1-5H2. The lowest BCUT2D eigenvalue weighted by Crippen LogP contribution is -2.09. The summed E-state index contributed by atoms with van der Waals surface area (Å²) in [6.45, 7) is 0. The van der Waals surface area contributed by atoms with Crippen LogP contribution in [0.4, 0.5) is 13.2 Å². The van der Waals surface area contributed by atoms with Crippen molar-refractivity contribution < 1.29 is 13.2 Å². The highest BCUT2D eigenvalue weighted by atomic mass is 32.2. The van der Waals surface area contributed by atoms with Crippen molar-refractivity contribution in [3.8, 4) is 6.07 Å². The van der Waals surface area contributed by atoms with Gasteiger partial charge in [-0.05, 0) is 31.0 Å². The zero-order valence-electron chi connectivity index (χ0n) is 10.3. The highest BCUT2D eigenvalue weighted by Gasteiger charge is 2.33. The summed E-state index contributed by atoms with van der Waals surface area (Å²) in [5.74, 6) is 0. The van der Waals surface area contributed by atoms with Crippen LogP contribution in [0.25, 0.3) is 0 Å². The predicted molar refractivity (Wildman–Crippen MR) is 68.9 cm³/mol. The average molecular weight is 285 g/mol. The highest BCUT2D eigenvalue weighted by molar-refractivity contribution is 8.00. The van der Waals surface area contributed by atoms with Crippen molar-refractivity contribution in [2.75, 3.05) is 0 Å². The number of nitrogens with zero attached hydrogens (tertiary/aromatic N) is 1. The molecule has 1 aromatic carbocycles. The molecule has 0 aliphatic heterocycles. The van der Waals surface area contributed by atoms with Gasteiger partial charge in [0.15, 0.2) is 0 Å². The van der Waals surface area contributed by atoms with Crippen molar-refractivity contribution in [2.24, 2.45) is 0 Å². The van der Waals surface area contributed by atoms with Gasteiger partial charge in [-0.1, -0.05) is 19.3 Å². The van der Waals surface area contributed by atoms with Gasteiger partial charge in [-0.3, -0.25) is 0 Å². The van der Waals surface area contributed by atoms with Gasteiger partial charge in [0.2, 0.25) is 0 Å². The van der Waals surface area contributed by atoms with Gasteiger partial charge >= 0.3 is 6.18 Å². The zero-order chi connectivity index (χ0) is 13.9. The molecular weight excluding hydrogens is 271 g/mol. The first kappa shape index (κ1) is 14.3. The Morgan fingerprint density at radius 2 is 1.84 bits per heavy atom. The van der Waals surface area contributed by atoms with Gasteiger partial charge in [-0.15, -0.1) is 11.8 Å². The van der Waals surface area contributed by atoms with Crippen LogP contribution in [0, 0.1) is 11.3 Å². The van der Waals surface area contributed by atoms with E-state index in [4.69, 9.17) is 5.26 Å². The molecule has 0 aromatic heterocycles. The smallest absolute Gasteiger partial charge is 0.192 e. The number of nitriles is 1. The molecule has 0 radical (unpaired) electrons. The molecule has 102 valence electrons. The van der Waals surface area contributed by atoms with Crippen LogP contribution in [0.3, 0.4) is 0 Å². The number of halogens is 3. The van der Waals surface area contributed by atoms with E-state index in [2.05, 4.69) is 0 Å². The fourth-order valence-electron chi connectivity index (χ4n) is 2.31. The Balaban J connectivity index is 2.17. The number of rotatable bonds is 2. The third-order valence-corrected chi connectivity index (χ3v) is 4.60. The lowest BCUT2D eigenvalue weighted by molar-refractivity contribution is -0.137. The topological polar surface area (TPSA) is 23.8 Å². The van der Waals surface area contributed by atoms with E-state index in [0.717, 1.165) is 23.8 Å². The molecule has 0 saturated heterocycles. The molecule has 0 bridgehead atoms. The van der Waals surface area contributed by atoms with Crippen LogP contribution in [0.1, 0.15) is 43.2 Å². The minimum atomic E-state index is -4.46. The maximum Gasteiger partial charge on any atom is 0.417 e. The van der Waals surface area contributed by atoms with Crippen LogP contribution in [0.15, 0.2) is 23.1 Å². The van der Waals surface area contributed by atoms with E-state index in [1.165, 1.54) is 31.4 Å². The third kappa shape index (κ3) is 3.66. The number of hydrogen-bond donors (Lipinski definition) is 0. The number of alkyl halides is 3. The molecule has 0 amide bonds. The maximum atomic E-state index is 12.7. The van der Waals surface area contributed by atoms with Crippen LogP contribution in [0.5, 0.6) is 0 Å². The summed E-state index contributed by atoms with van der Waals surface area (Å²) in [5, 5.41) is 9.32. The second-order valence-corrected chi connectivity index (χ2v) is 6.07. The molecule has 1 fully saturated rings. The van der Waals surface area contributed by atoms with Crippen LogP contribution in [-0.4, -0.2) is 5.25 Å². The second kappa shape index (κ2) is 5.87. The van der Waals surface area contributed by atoms with Crippen molar-refractivity contribution in [1.82, 2.24) is 0 Å². The van der Waals surface area contributed by atoms with Crippen molar-refractivity contribution in [3.05, 3.63) is 29.3 Å². The van der Waals surface area contributed by atoms with Gasteiger partial charge in [0, 0.05) is 10.1 Å². The molecule has 1 aromatic rings. The molecule has 1 aliphatic rings. The third-order valence-electron chi connectivity index (χ3n) is 3.27. The Kier molecular flexibility index (Phi) is 4.41. The van der Waals surface area contributed by atoms with Gasteiger partial charge in [0.25, 0.3) is 0 Å². The van der Waals surface area contributed by atoms with Crippen molar-refractivity contribution in [3.63, 3.8) is 0 Å². The minimum absolute atomic E-state index is 0.284. The van der Waals surface area contributed by atoms with E-state index in [9.17, 15) is 13.2 Å². The zero-order valence-corrected chi connectivity index (χ0v) is 11.2. The highest BCUT2D eigenvalue weighted by Crippen LogP contribution is 2.37. The molecule has 1 aliphatic carbocycles. The van der Waals surface area contributed by atoms with Crippen LogP contribution >= 0.6 is 11.8 Å². The summed E-state index contributed by atoms with van der Waals surface area (Å²) in [6.07, 6.45) is 1.36. The Morgan fingerprint density at radius 3 is 2.42 bits per heavy atom. The van der Waals surface area contributed by atoms with Crippen molar-refractivity contribution in [2.45, 2.75) is 48.4 Å². The van der Waals surface area contributed by atoms with E-state index in [1.807, 2.05) is 0 Å². The predicted octanol–water partition coefficient (Wildman–Crippen LogP) is 5.00. The van der Waals surface area contributed by atoms with Crippen LogP contribution in [0.2, 0.25) is 0 Å². The molecule has 0 unspecified atom stereocenters. The van der Waals surface area contributed by atoms with E-state index < -0.39 is 11.7 Å². The molecule has 2 rings (SSSR count). The Labute approximate surface area is 114 Å². The lowest BCUT2D eigenvalue weighted by Gasteiger charge is -2.21. The molecule has 5 heteroatoms. The average Bonchev–Trinajstić information content (AvgIpc) is 2.38. The quantitative estimate of drug-likeness (QED) is 0.763. The first-order valence-electron chi connectivity index (χ1n) is 6.28. The largest absolute Gasteiger partial charge is 0.417 e. The number of benzene rings is 1. The normalized spacial score (nSPS) is 17.2. The molecule has 0 N–H and O–H groups in total. The molecule has 0 atom stereocenters. The first-order chi connectivity index (χ1) is 9.00. The summed E-state index contributed by atoms with van der Waals surface area (Å²) >= 11 is 1.59. The summed E-state index contributed by atoms with van der Waals surface area (Å²) in [5.41, 5.74) is -1.13. The van der Waals surface area contributed by atoms with Gasteiger partial charge in [0.05, 0.1) is 17.2 Å². The summed E-state index contributed by atoms with van der Waals surface area (Å²) in [7, 11) is 0. The fourth-order valence-corrected chi connectivity index (χ4v) is 3.60. The monoisotopic (exact) mass is 285 g/mol. The summed E-state index contributed by atoms with van der Waals surface area (Å²) in [4.78, 5) is 0.761. The molecular formula is C14H14F3NS. The van der Waals surface area contributed by atoms with E-state index in [1.54, 1.807) is 17.8 Å². The summed E-state index contributed by atoms with van der Waals surface area (Å²) in [6, 6.07) is 5.50. The molecule has 0 spiro atoms. The van der Waals surface area contributed by atoms with Gasteiger partial charge in [-0.25, -0.2) is 0 Å². The van der Waals surface area contributed by atoms with E-state index >= 15 is 0 Å². The van der Waals surface area contributed by atoms with E-state index in [0.29, 0.717) is 5.25 Å². The Bertz CT molecular complexity index is 484. The van der Waals surface area contributed by atoms with Crippen LogP contribution < -0.4 is 0 Å². The van der Waals surface area contributed by atoms with Crippen molar-refractivity contribution in [1.29, 1.82) is 5.26 Å². The van der Waals surface area contributed by atoms with Gasteiger partial charge in [-0.2, -0.15) is 18.4 Å². The molecule has 1 nitrogen and oxygen atoms in total. The van der Waals surface area contributed by atoms with Crippen molar-refractivity contribution >= 4 is 11.8 Å². The molecule has 0 heterocycles. The molecule has 1 saturated carbocycles. The number of thioether (sulfide) groups is 1. The van der Waals surface area contributed by atoms with E-state index in [-0.39, 0.29) is 5.56 Å². The fraction of sp³-hybridized carbons (Fsp3) is 0.500. The van der Waals surface area contributed by atoms with Gasteiger partial charge < -0.3 is 0 Å². The second-order valence-electron chi connectivity index (χ2n) is 4.69. The Morgan fingerprint density at radius 1 is 1.16 bits per heavy atom. The lowest BCUT2D eigenvalue weighted by atomic mass is 10.0.